The minimum Gasteiger partial charge on any atom is -0.508 e. The zero-order chi connectivity index (χ0) is 30.1. The number of aromatic hydroxyl groups is 1. The van der Waals surface area contributed by atoms with Gasteiger partial charge in [0.1, 0.15) is 23.9 Å². The number of aromatic amines is 1. The highest BCUT2D eigenvalue weighted by Crippen LogP contribution is 2.19. The number of carbonyl (C=O) groups excluding carboxylic acids is 3. The third-order valence-electron chi connectivity index (χ3n) is 7.05. The van der Waals surface area contributed by atoms with E-state index in [0.29, 0.717) is 12.0 Å². The Kier molecular flexibility index (Phi) is 11.2. The lowest BCUT2D eigenvalue weighted by molar-refractivity contribution is -0.143. The lowest BCUT2D eigenvalue weighted by atomic mass is 9.98. The van der Waals surface area contributed by atoms with E-state index in [-0.39, 0.29) is 30.3 Å². The zero-order valence-corrected chi connectivity index (χ0v) is 23.9. The summed E-state index contributed by atoms with van der Waals surface area (Å²) in [7, 11) is 0. The molecule has 0 spiro atoms. The Balaban J connectivity index is 1.72. The molecule has 0 saturated heterocycles. The molecular formula is C29H37N5O6S. The normalized spacial score (nSPS) is 14.8. The number of carboxylic acids is 1. The number of rotatable bonds is 14. The fourth-order valence-corrected chi connectivity index (χ4v) is 4.65. The van der Waals surface area contributed by atoms with Crippen LogP contribution in [0, 0.1) is 5.92 Å². The van der Waals surface area contributed by atoms with Gasteiger partial charge in [0.15, 0.2) is 0 Å². The second-order valence-electron chi connectivity index (χ2n) is 10.1. The summed E-state index contributed by atoms with van der Waals surface area (Å²) in [6.45, 7) is 3.52. The maximum absolute atomic E-state index is 13.2. The van der Waals surface area contributed by atoms with E-state index in [1.54, 1.807) is 25.3 Å². The van der Waals surface area contributed by atoms with Crippen molar-refractivity contribution in [2.75, 3.05) is 5.75 Å². The first-order chi connectivity index (χ1) is 19.5. The van der Waals surface area contributed by atoms with Gasteiger partial charge >= 0.3 is 5.97 Å². The third kappa shape index (κ3) is 8.48. The molecule has 2 aromatic carbocycles. The van der Waals surface area contributed by atoms with Gasteiger partial charge in [0.2, 0.25) is 17.7 Å². The Morgan fingerprint density at radius 2 is 1.56 bits per heavy atom. The Bertz CT molecular complexity index is 1360. The van der Waals surface area contributed by atoms with Crippen molar-refractivity contribution in [2.45, 2.75) is 57.3 Å². The van der Waals surface area contributed by atoms with Gasteiger partial charge in [-0.25, -0.2) is 4.79 Å². The number of phenolic OH excluding ortho intramolecular Hbond substituents is 1. The number of hydrogen-bond donors (Lipinski definition) is 8. The highest BCUT2D eigenvalue weighted by molar-refractivity contribution is 7.80. The molecule has 8 N–H and O–H groups in total. The fraction of sp³-hybridized carbons (Fsp3) is 0.379. The van der Waals surface area contributed by atoms with Gasteiger partial charge in [-0.2, -0.15) is 12.6 Å². The van der Waals surface area contributed by atoms with Gasteiger partial charge in [0.25, 0.3) is 0 Å². The van der Waals surface area contributed by atoms with Gasteiger partial charge in [-0.15, -0.1) is 0 Å². The summed E-state index contributed by atoms with van der Waals surface area (Å²) >= 11 is 4.21. The number of aromatic nitrogens is 1. The van der Waals surface area contributed by atoms with Crippen LogP contribution in [0.1, 0.15) is 31.4 Å². The second-order valence-corrected chi connectivity index (χ2v) is 10.4. The predicted octanol–water partition coefficient (Wildman–Crippen LogP) is 1.50. The van der Waals surface area contributed by atoms with Crippen LogP contribution in [0.4, 0.5) is 0 Å². The molecule has 1 aromatic heterocycles. The average Bonchev–Trinajstić information content (AvgIpc) is 3.36. The monoisotopic (exact) mass is 583 g/mol. The lowest BCUT2D eigenvalue weighted by Crippen LogP contribution is -2.58. The largest absolute Gasteiger partial charge is 0.508 e. The van der Waals surface area contributed by atoms with Gasteiger partial charge in [-0.05, 0) is 41.7 Å². The second kappa shape index (κ2) is 14.6. The van der Waals surface area contributed by atoms with Gasteiger partial charge in [-0.3, -0.25) is 14.4 Å². The number of carboxylic acid groups (broad SMARTS) is 1. The maximum Gasteiger partial charge on any atom is 0.326 e. The molecule has 1 heterocycles. The summed E-state index contributed by atoms with van der Waals surface area (Å²) in [4.78, 5) is 54.3. The number of H-pyrrole nitrogens is 1. The quantitative estimate of drug-likeness (QED) is 0.132. The lowest BCUT2D eigenvalue weighted by Gasteiger charge is -2.26. The SMILES string of the molecule is CCC(C)C(NC(=O)C(Cc1ccc(O)cc1)NC(=O)C(CS)NC(=O)C(N)Cc1c[nH]c2ccccc12)C(=O)O. The molecule has 0 fully saturated rings. The molecule has 0 radical (unpaired) electrons. The summed E-state index contributed by atoms with van der Waals surface area (Å²) in [6.07, 6.45) is 2.54. The standard InChI is InChI=1S/C29H37N5O6S/c1-3-16(2)25(29(39)40)34-27(37)23(12-17-8-10-19(35)11-9-17)32-28(38)24(15-41)33-26(36)21(30)13-18-14-31-22-7-5-4-6-20(18)22/h4-11,14,16,21,23-25,31,35,41H,3,12-13,15,30H2,1-2H3,(H,32,38)(H,33,36)(H,34,37)(H,39,40). The molecule has 41 heavy (non-hydrogen) atoms. The Morgan fingerprint density at radius 1 is 0.927 bits per heavy atom. The van der Waals surface area contributed by atoms with Gasteiger partial charge in [0, 0.05) is 29.3 Å². The number of carbonyl (C=O) groups is 4. The first-order valence-electron chi connectivity index (χ1n) is 13.4. The molecule has 0 saturated carbocycles. The molecule has 12 heteroatoms. The zero-order valence-electron chi connectivity index (χ0n) is 23.0. The minimum atomic E-state index is -1.19. The molecule has 0 aliphatic carbocycles. The molecule has 5 atom stereocenters. The first-order valence-corrected chi connectivity index (χ1v) is 14.0. The van der Waals surface area contributed by atoms with Crippen LogP contribution in [-0.2, 0) is 32.0 Å². The number of aliphatic carboxylic acids is 1. The van der Waals surface area contributed by atoms with Crippen molar-refractivity contribution in [2.24, 2.45) is 11.7 Å². The molecule has 3 amide bonds. The molecule has 0 bridgehead atoms. The van der Waals surface area contributed by atoms with E-state index in [1.165, 1.54) is 12.1 Å². The number of amides is 3. The molecule has 0 aliphatic rings. The molecule has 0 aliphatic heterocycles. The Morgan fingerprint density at radius 3 is 2.20 bits per heavy atom. The summed E-state index contributed by atoms with van der Waals surface area (Å²) < 4.78 is 0. The number of para-hydroxylation sites is 1. The van der Waals surface area contributed by atoms with Crippen LogP contribution in [0.2, 0.25) is 0 Å². The van der Waals surface area contributed by atoms with E-state index < -0.39 is 47.9 Å². The van der Waals surface area contributed by atoms with Crippen LogP contribution in [0.5, 0.6) is 5.75 Å². The molecule has 11 nitrogen and oxygen atoms in total. The van der Waals surface area contributed by atoms with E-state index in [4.69, 9.17) is 5.73 Å². The van der Waals surface area contributed by atoms with E-state index in [9.17, 15) is 29.4 Å². The highest BCUT2D eigenvalue weighted by atomic mass is 32.1. The van der Waals surface area contributed by atoms with E-state index in [0.717, 1.165) is 16.5 Å². The topological polar surface area (TPSA) is 187 Å². The van der Waals surface area contributed by atoms with Crippen molar-refractivity contribution in [3.05, 3.63) is 65.9 Å². The van der Waals surface area contributed by atoms with Crippen LogP contribution < -0.4 is 21.7 Å². The van der Waals surface area contributed by atoms with Crippen molar-refractivity contribution < 1.29 is 29.4 Å². The smallest absolute Gasteiger partial charge is 0.326 e. The molecule has 3 aromatic rings. The van der Waals surface area contributed by atoms with Gasteiger partial charge in [0.05, 0.1) is 6.04 Å². The number of hydrogen-bond acceptors (Lipinski definition) is 7. The van der Waals surface area contributed by atoms with Crippen LogP contribution in [0.25, 0.3) is 10.9 Å². The Labute approximate surface area is 243 Å². The van der Waals surface area contributed by atoms with Crippen LogP contribution >= 0.6 is 12.6 Å². The molecule has 220 valence electrons. The summed E-state index contributed by atoms with van der Waals surface area (Å²) in [5.41, 5.74) is 8.56. The molecular weight excluding hydrogens is 546 g/mol. The summed E-state index contributed by atoms with van der Waals surface area (Å²) in [5, 5.41) is 27.9. The van der Waals surface area contributed by atoms with Crippen LogP contribution in [0.15, 0.2) is 54.7 Å². The van der Waals surface area contributed by atoms with E-state index in [1.807, 2.05) is 31.2 Å². The van der Waals surface area contributed by atoms with Crippen LogP contribution in [-0.4, -0.2) is 68.8 Å². The number of thiol groups is 1. The Hall–Kier alpha value is -4.03. The van der Waals surface area contributed by atoms with E-state index in [2.05, 4.69) is 33.6 Å². The van der Waals surface area contributed by atoms with Crippen molar-refractivity contribution in [1.29, 1.82) is 0 Å². The number of benzene rings is 2. The highest BCUT2D eigenvalue weighted by Gasteiger charge is 2.32. The van der Waals surface area contributed by atoms with Crippen molar-refractivity contribution in [1.82, 2.24) is 20.9 Å². The number of nitrogens with two attached hydrogens (primary N) is 1. The van der Waals surface area contributed by atoms with Crippen molar-refractivity contribution in [3.8, 4) is 5.75 Å². The average molecular weight is 584 g/mol. The van der Waals surface area contributed by atoms with E-state index >= 15 is 0 Å². The number of nitrogens with one attached hydrogen (secondary N) is 4. The van der Waals surface area contributed by atoms with Crippen molar-refractivity contribution in [3.63, 3.8) is 0 Å². The summed E-state index contributed by atoms with van der Waals surface area (Å²) in [5.74, 6) is -3.52. The molecule has 3 rings (SSSR count). The predicted molar refractivity (Wildman–Crippen MR) is 159 cm³/mol. The third-order valence-corrected chi connectivity index (χ3v) is 7.42. The van der Waals surface area contributed by atoms with Crippen LogP contribution in [0.3, 0.4) is 0 Å². The first kappa shape index (κ1) is 31.5. The summed E-state index contributed by atoms with van der Waals surface area (Å²) in [6, 6.07) is 9.29. The fourth-order valence-electron chi connectivity index (χ4n) is 4.39. The molecule has 5 unspecified atom stereocenters. The van der Waals surface area contributed by atoms with Crippen molar-refractivity contribution >= 4 is 47.2 Å². The van der Waals surface area contributed by atoms with Gasteiger partial charge < -0.3 is 36.9 Å². The van der Waals surface area contributed by atoms with Gasteiger partial charge in [-0.1, -0.05) is 50.6 Å². The number of fused-ring (bicyclic) bond motifs is 1. The minimum absolute atomic E-state index is 0.0119. The number of phenols is 1. The maximum atomic E-state index is 13.2.